The van der Waals surface area contributed by atoms with Crippen molar-refractivity contribution in [3.05, 3.63) is 99.5 Å². The van der Waals surface area contributed by atoms with Gasteiger partial charge in [0.15, 0.2) is 11.5 Å². The first kappa shape index (κ1) is 21.7. The van der Waals surface area contributed by atoms with E-state index in [-0.39, 0.29) is 42.1 Å². The Kier molecular flexibility index (Phi) is 6.11. The molecule has 2 heterocycles. The quantitative estimate of drug-likeness (QED) is 0.316. The van der Waals surface area contributed by atoms with Crippen LogP contribution in [0.1, 0.15) is 27.4 Å². The summed E-state index contributed by atoms with van der Waals surface area (Å²) >= 11 is 0. The molecule has 0 aliphatic heterocycles. The van der Waals surface area contributed by atoms with Crippen LogP contribution in [0.4, 0.5) is 16.0 Å². The Morgan fingerprint density at radius 3 is 2.88 bits per heavy atom. The molecule has 0 aliphatic rings. The number of hydrogen-bond acceptors (Lipinski definition) is 7. The molecule has 2 aromatic carbocycles. The number of carbonyl (C=O) groups is 1. The van der Waals surface area contributed by atoms with Gasteiger partial charge >= 0.3 is 5.69 Å². The number of amides is 1. The molecule has 0 fully saturated rings. The van der Waals surface area contributed by atoms with Crippen molar-refractivity contribution in [1.82, 2.24) is 14.8 Å². The second kappa shape index (κ2) is 9.30. The molecule has 33 heavy (non-hydrogen) atoms. The number of rotatable bonds is 8. The molecule has 0 unspecified atom stereocenters. The van der Waals surface area contributed by atoms with E-state index in [9.17, 15) is 19.3 Å². The number of furan rings is 1. The van der Waals surface area contributed by atoms with Crippen molar-refractivity contribution in [2.24, 2.45) is 0 Å². The first-order valence-corrected chi connectivity index (χ1v) is 9.79. The zero-order valence-corrected chi connectivity index (χ0v) is 17.4. The van der Waals surface area contributed by atoms with Gasteiger partial charge in [-0.25, -0.2) is 14.1 Å². The van der Waals surface area contributed by atoms with Gasteiger partial charge in [0.25, 0.3) is 5.91 Å². The molecule has 0 bridgehead atoms. The van der Waals surface area contributed by atoms with Crippen molar-refractivity contribution < 1.29 is 23.3 Å². The van der Waals surface area contributed by atoms with Crippen LogP contribution in [0.15, 0.2) is 65.3 Å². The van der Waals surface area contributed by atoms with E-state index in [1.165, 1.54) is 47.4 Å². The van der Waals surface area contributed by atoms with Gasteiger partial charge in [0.2, 0.25) is 5.95 Å². The third-order valence-electron chi connectivity index (χ3n) is 4.56. The highest BCUT2D eigenvalue weighted by Crippen LogP contribution is 2.28. The van der Waals surface area contributed by atoms with Crippen molar-refractivity contribution in [2.75, 3.05) is 5.32 Å². The fourth-order valence-electron chi connectivity index (χ4n) is 3.03. The van der Waals surface area contributed by atoms with E-state index >= 15 is 0 Å². The van der Waals surface area contributed by atoms with Crippen LogP contribution in [0.3, 0.4) is 0 Å². The number of nitrogens with one attached hydrogen (secondary N) is 1. The van der Waals surface area contributed by atoms with Crippen molar-refractivity contribution in [1.29, 1.82) is 0 Å². The second-order valence-electron chi connectivity index (χ2n) is 7.13. The highest BCUT2D eigenvalue weighted by molar-refractivity contribution is 6.01. The minimum absolute atomic E-state index is 0.00603. The van der Waals surface area contributed by atoms with Crippen LogP contribution in [-0.4, -0.2) is 25.6 Å². The summed E-state index contributed by atoms with van der Waals surface area (Å²) in [6.45, 7) is 1.93. The van der Waals surface area contributed by atoms with Gasteiger partial charge in [0.1, 0.15) is 24.5 Å². The molecule has 168 valence electrons. The summed E-state index contributed by atoms with van der Waals surface area (Å²) in [5.74, 6) is -0.475. The molecular weight excluding hydrogens is 433 g/mol. The van der Waals surface area contributed by atoms with Gasteiger partial charge in [0, 0.05) is 6.07 Å². The lowest BCUT2D eigenvalue weighted by Gasteiger charge is -2.05. The summed E-state index contributed by atoms with van der Waals surface area (Å²) in [7, 11) is 0. The van der Waals surface area contributed by atoms with Gasteiger partial charge in [-0.15, -0.1) is 5.10 Å². The van der Waals surface area contributed by atoms with Crippen molar-refractivity contribution in [3.8, 4) is 5.75 Å². The van der Waals surface area contributed by atoms with Crippen LogP contribution >= 0.6 is 0 Å². The number of ether oxygens (including phenoxy) is 1. The molecule has 0 saturated carbocycles. The standard InChI is InChI=1S/C22H18FN5O5/c1-14-5-7-19(18(9-14)28(30)31)32-12-17-6-8-20(33-17)21(29)25-22-24-13-27(26-22)11-15-3-2-4-16(23)10-15/h2-10,13H,11-12H2,1H3,(H,25,26,29). The average Bonchev–Trinajstić information content (AvgIpc) is 3.42. The topological polar surface area (TPSA) is 125 Å². The molecule has 0 aliphatic carbocycles. The molecule has 0 radical (unpaired) electrons. The Labute approximate surface area is 186 Å². The molecular formula is C22H18FN5O5. The smallest absolute Gasteiger partial charge is 0.311 e. The van der Waals surface area contributed by atoms with Crippen molar-refractivity contribution in [2.45, 2.75) is 20.1 Å². The van der Waals surface area contributed by atoms with Crippen LogP contribution in [-0.2, 0) is 13.2 Å². The van der Waals surface area contributed by atoms with Gasteiger partial charge < -0.3 is 9.15 Å². The van der Waals surface area contributed by atoms with Crippen LogP contribution in [0.2, 0.25) is 0 Å². The third kappa shape index (κ3) is 5.39. The number of aryl methyl sites for hydroxylation is 1. The van der Waals surface area contributed by atoms with E-state index < -0.39 is 10.8 Å². The van der Waals surface area contributed by atoms with E-state index in [2.05, 4.69) is 15.4 Å². The zero-order chi connectivity index (χ0) is 23.4. The van der Waals surface area contributed by atoms with E-state index in [1.54, 1.807) is 25.1 Å². The van der Waals surface area contributed by atoms with Gasteiger partial charge in [0.05, 0.1) is 11.5 Å². The second-order valence-corrected chi connectivity index (χ2v) is 7.13. The molecule has 0 saturated heterocycles. The predicted molar refractivity (Wildman–Crippen MR) is 114 cm³/mol. The van der Waals surface area contributed by atoms with Gasteiger partial charge in [-0.2, -0.15) is 0 Å². The highest BCUT2D eigenvalue weighted by atomic mass is 19.1. The Hall–Kier alpha value is -4.54. The van der Waals surface area contributed by atoms with E-state index in [4.69, 9.17) is 9.15 Å². The molecule has 2 aromatic heterocycles. The number of nitro benzene ring substituents is 1. The first-order valence-electron chi connectivity index (χ1n) is 9.79. The summed E-state index contributed by atoms with van der Waals surface area (Å²) in [6, 6.07) is 13.7. The van der Waals surface area contributed by atoms with Crippen LogP contribution in [0.25, 0.3) is 0 Å². The fraction of sp³-hybridized carbons (Fsp3) is 0.136. The predicted octanol–water partition coefficient (Wildman–Crippen LogP) is 4.11. The maximum Gasteiger partial charge on any atom is 0.311 e. The number of nitrogens with zero attached hydrogens (tertiary/aromatic N) is 4. The Morgan fingerprint density at radius 1 is 1.24 bits per heavy atom. The van der Waals surface area contributed by atoms with E-state index in [1.807, 2.05) is 0 Å². The lowest BCUT2D eigenvalue weighted by molar-refractivity contribution is -0.386. The van der Waals surface area contributed by atoms with Crippen molar-refractivity contribution in [3.63, 3.8) is 0 Å². The number of nitro groups is 1. The minimum atomic E-state index is -0.578. The molecule has 0 atom stereocenters. The minimum Gasteiger partial charge on any atom is -0.479 e. The van der Waals surface area contributed by atoms with Crippen LogP contribution in [0.5, 0.6) is 5.75 Å². The molecule has 10 nitrogen and oxygen atoms in total. The van der Waals surface area contributed by atoms with Crippen molar-refractivity contribution >= 4 is 17.5 Å². The Bertz CT molecular complexity index is 1320. The summed E-state index contributed by atoms with van der Waals surface area (Å²) in [4.78, 5) is 27.1. The molecule has 4 aromatic rings. The number of halogens is 1. The molecule has 0 spiro atoms. The Morgan fingerprint density at radius 2 is 2.09 bits per heavy atom. The number of anilines is 1. The number of hydrogen-bond donors (Lipinski definition) is 1. The normalized spacial score (nSPS) is 10.7. The number of carbonyl (C=O) groups excluding carboxylic acids is 1. The maximum atomic E-state index is 13.3. The summed E-state index contributed by atoms with van der Waals surface area (Å²) in [5.41, 5.74) is 1.28. The zero-order valence-electron chi connectivity index (χ0n) is 17.4. The largest absolute Gasteiger partial charge is 0.479 e. The average molecular weight is 451 g/mol. The number of benzene rings is 2. The summed E-state index contributed by atoms with van der Waals surface area (Å²) < 4.78 is 25.7. The van der Waals surface area contributed by atoms with Gasteiger partial charge in [-0.1, -0.05) is 18.2 Å². The molecule has 1 N–H and O–H groups in total. The monoisotopic (exact) mass is 451 g/mol. The highest BCUT2D eigenvalue weighted by Gasteiger charge is 2.17. The van der Waals surface area contributed by atoms with E-state index in [0.29, 0.717) is 11.3 Å². The lowest BCUT2D eigenvalue weighted by atomic mass is 10.2. The summed E-state index contributed by atoms with van der Waals surface area (Å²) in [6.07, 6.45) is 1.41. The SMILES string of the molecule is Cc1ccc(OCc2ccc(C(=O)Nc3ncn(Cc4cccc(F)c4)n3)o2)c([N+](=O)[O-])c1. The summed E-state index contributed by atoms with van der Waals surface area (Å²) in [5, 5.41) is 17.8. The fourth-order valence-corrected chi connectivity index (χ4v) is 3.03. The third-order valence-corrected chi connectivity index (χ3v) is 4.56. The number of aromatic nitrogens is 3. The molecule has 1 amide bonds. The van der Waals surface area contributed by atoms with Crippen LogP contribution in [0, 0.1) is 22.9 Å². The maximum absolute atomic E-state index is 13.3. The van der Waals surface area contributed by atoms with Crippen LogP contribution < -0.4 is 10.1 Å². The lowest BCUT2D eigenvalue weighted by Crippen LogP contribution is -2.12. The first-order chi connectivity index (χ1) is 15.9. The van der Waals surface area contributed by atoms with E-state index in [0.717, 1.165) is 5.56 Å². The Balaban J connectivity index is 1.36. The molecule has 11 heteroatoms. The molecule has 4 rings (SSSR count). The van der Waals surface area contributed by atoms with Gasteiger partial charge in [-0.05, 0) is 48.4 Å². The van der Waals surface area contributed by atoms with Gasteiger partial charge in [-0.3, -0.25) is 20.2 Å².